The summed E-state index contributed by atoms with van der Waals surface area (Å²) >= 11 is 0. The number of carbonyl (C=O) groups excluding carboxylic acids is 1. The molecule has 0 bridgehead atoms. The maximum atomic E-state index is 10.8. The molecule has 56 valence electrons. The topological polar surface area (TPSA) is 46.5 Å². The van der Waals surface area contributed by atoms with Crippen LogP contribution in [-0.4, -0.2) is 18.2 Å². The average molecular weight is 142 g/mol. The molecule has 0 heterocycles. The van der Waals surface area contributed by atoms with Gasteiger partial charge in [0, 0.05) is 0 Å². The second kappa shape index (κ2) is 2.73. The van der Waals surface area contributed by atoms with Crippen molar-refractivity contribution in [3.8, 4) is 0 Å². The van der Waals surface area contributed by atoms with Crippen LogP contribution in [0.3, 0.4) is 0 Å². The van der Waals surface area contributed by atoms with Crippen LogP contribution in [0.2, 0.25) is 0 Å². The number of aliphatic hydroxyl groups is 1. The van der Waals surface area contributed by atoms with Crippen molar-refractivity contribution in [3.63, 3.8) is 0 Å². The molecule has 3 heteroatoms. The maximum absolute atomic E-state index is 10.8. The normalized spacial score (nSPS) is 18.7. The van der Waals surface area contributed by atoms with Gasteiger partial charge in [0.15, 0.2) is 0 Å². The van der Waals surface area contributed by atoms with Crippen LogP contribution in [0.15, 0.2) is 11.8 Å². The van der Waals surface area contributed by atoms with E-state index in [2.05, 4.69) is 4.74 Å². The van der Waals surface area contributed by atoms with E-state index in [-0.39, 0.29) is 5.92 Å². The van der Waals surface area contributed by atoms with E-state index in [1.54, 1.807) is 0 Å². The Hall–Kier alpha value is -0.990. The quantitative estimate of drug-likeness (QED) is 0.355. The van der Waals surface area contributed by atoms with E-state index >= 15 is 0 Å². The molecule has 1 N–H and O–H groups in total. The molecule has 0 aromatic carbocycles. The fourth-order valence-corrected chi connectivity index (χ4v) is 0.837. The van der Waals surface area contributed by atoms with Crippen molar-refractivity contribution in [2.45, 2.75) is 12.8 Å². The number of hydrogen-bond donors (Lipinski definition) is 1. The third-order valence-corrected chi connectivity index (χ3v) is 1.58. The minimum absolute atomic E-state index is 0.248. The molecule has 1 aliphatic rings. The van der Waals surface area contributed by atoms with E-state index in [0.717, 1.165) is 19.1 Å². The van der Waals surface area contributed by atoms with E-state index in [0.29, 0.717) is 5.57 Å². The zero-order valence-electron chi connectivity index (χ0n) is 5.83. The van der Waals surface area contributed by atoms with Gasteiger partial charge in [0.1, 0.15) is 0 Å². The minimum atomic E-state index is -0.412. The van der Waals surface area contributed by atoms with Gasteiger partial charge >= 0.3 is 5.97 Å². The third-order valence-electron chi connectivity index (χ3n) is 1.58. The maximum Gasteiger partial charge on any atom is 0.337 e. The monoisotopic (exact) mass is 142 g/mol. The molecule has 0 saturated heterocycles. The van der Waals surface area contributed by atoms with Crippen LogP contribution < -0.4 is 0 Å². The van der Waals surface area contributed by atoms with E-state index in [1.165, 1.54) is 7.11 Å². The molecular weight excluding hydrogens is 132 g/mol. The lowest BCUT2D eigenvalue weighted by molar-refractivity contribution is -0.136. The SMILES string of the molecule is COC(=O)/C(=C\O)C1CC1. The van der Waals surface area contributed by atoms with E-state index in [1.807, 2.05) is 0 Å². The lowest BCUT2D eigenvalue weighted by atomic mass is 10.2. The average Bonchev–Trinajstić information content (AvgIpc) is 2.73. The second-order valence-electron chi connectivity index (χ2n) is 2.35. The first-order valence-corrected chi connectivity index (χ1v) is 3.22. The van der Waals surface area contributed by atoms with Gasteiger partial charge in [0.2, 0.25) is 0 Å². The molecule has 0 amide bonds. The highest BCUT2D eigenvalue weighted by molar-refractivity contribution is 5.89. The summed E-state index contributed by atoms with van der Waals surface area (Å²) in [6, 6.07) is 0. The van der Waals surface area contributed by atoms with Crippen LogP contribution in [0.5, 0.6) is 0 Å². The Morgan fingerprint density at radius 1 is 1.70 bits per heavy atom. The molecule has 0 radical (unpaired) electrons. The number of carbonyl (C=O) groups is 1. The molecular formula is C7H10O3. The van der Waals surface area contributed by atoms with Gasteiger partial charge in [-0.2, -0.15) is 0 Å². The van der Waals surface area contributed by atoms with Gasteiger partial charge in [-0.05, 0) is 18.8 Å². The van der Waals surface area contributed by atoms with Crippen LogP contribution in [-0.2, 0) is 9.53 Å². The van der Waals surface area contributed by atoms with Gasteiger partial charge in [-0.3, -0.25) is 0 Å². The summed E-state index contributed by atoms with van der Waals surface area (Å²) in [5.74, 6) is -0.164. The van der Waals surface area contributed by atoms with Crippen LogP contribution in [0.4, 0.5) is 0 Å². The summed E-state index contributed by atoms with van der Waals surface area (Å²) < 4.78 is 4.44. The van der Waals surface area contributed by atoms with Gasteiger partial charge in [0.05, 0.1) is 18.9 Å². The molecule has 10 heavy (non-hydrogen) atoms. The van der Waals surface area contributed by atoms with Crippen molar-refractivity contribution < 1.29 is 14.6 Å². The van der Waals surface area contributed by atoms with Crippen LogP contribution >= 0.6 is 0 Å². The molecule has 0 aromatic rings. The Morgan fingerprint density at radius 3 is 2.60 bits per heavy atom. The van der Waals surface area contributed by atoms with Gasteiger partial charge in [-0.25, -0.2) is 4.79 Å². The Bertz CT molecular complexity index is 168. The fourth-order valence-electron chi connectivity index (χ4n) is 0.837. The van der Waals surface area contributed by atoms with E-state index in [9.17, 15) is 4.79 Å². The minimum Gasteiger partial charge on any atom is -0.515 e. The smallest absolute Gasteiger partial charge is 0.337 e. The Labute approximate surface area is 59.3 Å². The molecule has 0 aromatic heterocycles. The number of esters is 1. The highest BCUT2D eigenvalue weighted by Crippen LogP contribution is 2.36. The molecule has 1 aliphatic carbocycles. The first-order chi connectivity index (χ1) is 4.79. The number of methoxy groups -OCH3 is 1. The number of aliphatic hydroxyl groups excluding tert-OH is 1. The zero-order chi connectivity index (χ0) is 7.56. The summed E-state index contributed by atoms with van der Waals surface area (Å²) in [5, 5.41) is 8.58. The lowest BCUT2D eigenvalue weighted by Crippen LogP contribution is -2.06. The standard InChI is InChI=1S/C7H10O3/c1-10-7(9)6(4-8)5-2-3-5/h4-5,8H,2-3H2,1H3/b6-4-. The van der Waals surface area contributed by atoms with Crippen molar-refractivity contribution in [1.29, 1.82) is 0 Å². The lowest BCUT2D eigenvalue weighted by Gasteiger charge is -1.99. The van der Waals surface area contributed by atoms with Crippen molar-refractivity contribution in [2.75, 3.05) is 7.11 Å². The first-order valence-electron chi connectivity index (χ1n) is 3.22. The fraction of sp³-hybridized carbons (Fsp3) is 0.571. The summed E-state index contributed by atoms with van der Waals surface area (Å²) in [5.41, 5.74) is 0.405. The Balaban J connectivity index is 2.56. The summed E-state index contributed by atoms with van der Waals surface area (Å²) in [6.07, 6.45) is 2.83. The highest BCUT2D eigenvalue weighted by atomic mass is 16.5. The van der Waals surface area contributed by atoms with Crippen molar-refractivity contribution in [1.82, 2.24) is 0 Å². The summed E-state index contributed by atoms with van der Waals surface area (Å²) in [6.45, 7) is 0. The summed E-state index contributed by atoms with van der Waals surface area (Å²) in [4.78, 5) is 10.8. The molecule has 1 saturated carbocycles. The molecule has 0 aliphatic heterocycles. The molecule has 1 fully saturated rings. The Morgan fingerprint density at radius 2 is 2.30 bits per heavy atom. The first kappa shape index (κ1) is 7.12. The predicted molar refractivity (Wildman–Crippen MR) is 35.5 cm³/mol. The van der Waals surface area contributed by atoms with Crippen LogP contribution in [0.1, 0.15) is 12.8 Å². The highest BCUT2D eigenvalue weighted by Gasteiger charge is 2.31. The third kappa shape index (κ3) is 1.29. The molecule has 0 unspecified atom stereocenters. The van der Waals surface area contributed by atoms with Gasteiger partial charge in [-0.15, -0.1) is 0 Å². The molecule has 0 atom stereocenters. The van der Waals surface area contributed by atoms with Crippen LogP contribution in [0.25, 0.3) is 0 Å². The van der Waals surface area contributed by atoms with E-state index in [4.69, 9.17) is 5.11 Å². The number of hydrogen-bond acceptors (Lipinski definition) is 3. The van der Waals surface area contributed by atoms with Crippen molar-refractivity contribution in [3.05, 3.63) is 11.8 Å². The van der Waals surface area contributed by atoms with Crippen molar-refractivity contribution >= 4 is 5.97 Å². The largest absolute Gasteiger partial charge is 0.515 e. The van der Waals surface area contributed by atoms with Crippen LogP contribution in [0, 0.1) is 5.92 Å². The van der Waals surface area contributed by atoms with E-state index < -0.39 is 5.97 Å². The number of ether oxygens (including phenoxy) is 1. The number of rotatable bonds is 2. The zero-order valence-corrected chi connectivity index (χ0v) is 5.83. The van der Waals surface area contributed by atoms with Gasteiger partial charge < -0.3 is 9.84 Å². The molecule has 1 rings (SSSR count). The van der Waals surface area contributed by atoms with Gasteiger partial charge in [-0.1, -0.05) is 0 Å². The van der Waals surface area contributed by atoms with Crippen molar-refractivity contribution in [2.24, 2.45) is 5.92 Å². The predicted octanol–water partition coefficient (Wildman–Crippen LogP) is 1.01. The molecule has 3 nitrogen and oxygen atoms in total. The Kier molecular flexibility index (Phi) is 1.94. The van der Waals surface area contributed by atoms with Gasteiger partial charge in [0.25, 0.3) is 0 Å². The second-order valence-corrected chi connectivity index (χ2v) is 2.35. The summed E-state index contributed by atoms with van der Waals surface area (Å²) in [7, 11) is 1.31. The molecule has 0 spiro atoms.